The van der Waals surface area contributed by atoms with E-state index in [1.54, 1.807) is 24.3 Å². The molecule has 0 bridgehead atoms. The molecule has 1 aromatic rings. The summed E-state index contributed by atoms with van der Waals surface area (Å²) >= 11 is 0. The first kappa shape index (κ1) is 15.9. The number of carbonyl (C=O) groups excluding carboxylic acids is 1. The Morgan fingerprint density at radius 2 is 2.00 bits per heavy atom. The fraction of sp³-hybridized carbons (Fsp3) is 0.385. The van der Waals surface area contributed by atoms with E-state index in [4.69, 9.17) is 5.11 Å². The van der Waals surface area contributed by atoms with Crippen LogP contribution in [0.2, 0.25) is 0 Å². The molecule has 0 saturated carbocycles. The molecule has 1 aromatic carbocycles. The number of hydrogen-bond acceptors (Lipinski definition) is 4. The third-order valence-electron chi connectivity index (χ3n) is 2.55. The number of aliphatic hydroxyl groups is 1. The number of nitrogens with one attached hydrogen (secondary N) is 1. The van der Waals surface area contributed by atoms with Crippen LogP contribution in [-0.2, 0) is 16.2 Å². The average Bonchev–Trinajstić information content (AvgIpc) is 2.39. The second-order valence-electron chi connectivity index (χ2n) is 4.24. The Labute approximate surface area is 116 Å². The van der Waals surface area contributed by atoms with Crippen LogP contribution in [0.15, 0.2) is 30.3 Å². The summed E-state index contributed by atoms with van der Waals surface area (Å²) in [5.41, 5.74) is 2.87. The molecule has 3 N–H and O–H groups in total. The quantitative estimate of drug-likeness (QED) is 0.636. The van der Waals surface area contributed by atoms with Gasteiger partial charge < -0.3 is 15.1 Å². The smallest absolute Gasteiger partial charge is 0.407 e. The van der Waals surface area contributed by atoms with Gasteiger partial charge in [0.15, 0.2) is 0 Å². The number of nitrogens with zero attached hydrogens (tertiary/aromatic N) is 1. The molecule has 0 aliphatic carbocycles. The Bertz CT molecular complexity index is 438. The standard InChI is InChI=1S/C13H18N2O5/c1-20-14-12(17)7-11(16)9-15(13(18)19)8-10-5-3-2-4-6-10/h2-6,11,16H,7-9H2,1H3,(H,14,17)(H,18,19)/t11-/m1/s1. The molecule has 0 fully saturated rings. The van der Waals surface area contributed by atoms with Crippen LogP contribution in [0.5, 0.6) is 0 Å². The highest BCUT2D eigenvalue weighted by atomic mass is 16.6. The van der Waals surface area contributed by atoms with E-state index in [1.807, 2.05) is 6.07 Å². The lowest BCUT2D eigenvalue weighted by Gasteiger charge is -2.22. The third-order valence-corrected chi connectivity index (χ3v) is 2.55. The number of benzene rings is 1. The van der Waals surface area contributed by atoms with Gasteiger partial charge in [0.05, 0.1) is 26.2 Å². The zero-order valence-electron chi connectivity index (χ0n) is 11.2. The van der Waals surface area contributed by atoms with Gasteiger partial charge in [-0.05, 0) is 5.56 Å². The predicted molar refractivity (Wildman–Crippen MR) is 70.7 cm³/mol. The molecule has 0 unspecified atom stereocenters. The van der Waals surface area contributed by atoms with Gasteiger partial charge in [0.2, 0.25) is 5.91 Å². The van der Waals surface area contributed by atoms with Crippen molar-refractivity contribution in [1.29, 1.82) is 0 Å². The molecule has 1 rings (SSSR count). The topological polar surface area (TPSA) is 99.1 Å². The van der Waals surface area contributed by atoms with Gasteiger partial charge in [0, 0.05) is 6.54 Å². The fourth-order valence-electron chi connectivity index (χ4n) is 1.70. The van der Waals surface area contributed by atoms with Gasteiger partial charge in [-0.15, -0.1) is 0 Å². The SMILES string of the molecule is CONC(=O)C[C@@H](O)CN(Cc1ccccc1)C(=O)O. The van der Waals surface area contributed by atoms with Crippen LogP contribution in [0, 0.1) is 0 Å². The number of carboxylic acid groups (broad SMARTS) is 1. The molecular weight excluding hydrogens is 264 g/mol. The molecule has 0 aliphatic rings. The van der Waals surface area contributed by atoms with Crippen molar-refractivity contribution in [2.75, 3.05) is 13.7 Å². The van der Waals surface area contributed by atoms with Crippen molar-refractivity contribution < 1.29 is 24.6 Å². The van der Waals surface area contributed by atoms with Crippen molar-refractivity contribution in [3.05, 3.63) is 35.9 Å². The molecule has 0 aromatic heterocycles. The zero-order chi connectivity index (χ0) is 15.0. The van der Waals surface area contributed by atoms with Crippen LogP contribution in [0.1, 0.15) is 12.0 Å². The van der Waals surface area contributed by atoms with Gasteiger partial charge in [-0.1, -0.05) is 30.3 Å². The normalized spacial score (nSPS) is 11.7. The summed E-state index contributed by atoms with van der Waals surface area (Å²) < 4.78 is 0. The third kappa shape index (κ3) is 5.68. The minimum Gasteiger partial charge on any atom is -0.465 e. The molecule has 2 amide bonds. The van der Waals surface area contributed by atoms with Gasteiger partial charge in [0.1, 0.15) is 0 Å². The first-order chi connectivity index (χ1) is 9.52. The zero-order valence-corrected chi connectivity index (χ0v) is 11.2. The number of hydroxylamine groups is 1. The number of rotatable bonds is 7. The number of amides is 2. The highest BCUT2D eigenvalue weighted by Gasteiger charge is 2.19. The monoisotopic (exact) mass is 282 g/mol. The highest BCUT2D eigenvalue weighted by Crippen LogP contribution is 2.06. The van der Waals surface area contributed by atoms with E-state index in [9.17, 15) is 14.7 Å². The van der Waals surface area contributed by atoms with Crippen LogP contribution < -0.4 is 5.48 Å². The minimum absolute atomic E-state index is 0.151. The van der Waals surface area contributed by atoms with Crippen molar-refractivity contribution >= 4 is 12.0 Å². The van der Waals surface area contributed by atoms with Crippen molar-refractivity contribution in [3.63, 3.8) is 0 Å². The summed E-state index contributed by atoms with van der Waals surface area (Å²) in [7, 11) is 1.28. The lowest BCUT2D eigenvalue weighted by atomic mass is 10.2. The number of hydrogen-bond donors (Lipinski definition) is 3. The number of carbonyl (C=O) groups is 2. The molecule has 20 heavy (non-hydrogen) atoms. The van der Waals surface area contributed by atoms with E-state index in [-0.39, 0.29) is 19.5 Å². The summed E-state index contributed by atoms with van der Waals surface area (Å²) in [5, 5.41) is 18.8. The van der Waals surface area contributed by atoms with Gasteiger partial charge in [0.25, 0.3) is 0 Å². The lowest BCUT2D eigenvalue weighted by molar-refractivity contribution is -0.133. The highest BCUT2D eigenvalue weighted by molar-refractivity contribution is 5.75. The molecule has 7 nitrogen and oxygen atoms in total. The Morgan fingerprint density at radius 3 is 2.55 bits per heavy atom. The van der Waals surface area contributed by atoms with E-state index in [0.29, 0.717) is 0 Å². The largest absolute Gasteiger partial charge is 0.465 e. The van der Waals surface area contributed by atoms with Crippen LogP contribution in [-0.4, -0.2) is 46.9 Å². The summed E-state index contributed by atoms with van der Waals surface area (Å²) in [4.78, 5) is 27.8. The van der Waals surface area contributed by atoms with Crippen molar-refractivity contribution in [2.24, 2.45) is 0 Å². The van der Waals surface area contributed by atoms with Crippen LogP contribution >= 0.6 is 0 Å². The predicted octanol–water partition coefficient (Wildman–Crippen LogP) is 0.595. The first-order valence-corrected chi connectivity index (χ1v) is 6.04. The summed E-state index contributed by atoms with van der Waals surface area (Å²) in [6.07, 6.45) is -2.48. The molecule has 0 heterocycles. The Morgan fingerprint density at radius 1 is 1.35 bits per heavy atom. The van der Waals surface area contributed by atoms with Crippen molar-refractivity contribution in [3.8, 4) is 0 Å². The van der Waals surface area contributed by atoms with E-state index in [0.717, 1.165) is 10.5 Å². The Balaban J connectivity index is 2.55. The van der Waals surface area contributed by atoms with Crippen LogP contribution in [0.3, 0.4) is 0 Å². The van der Waals surface area contributed by atoms with Crippen LogP contribution in [0.25, 0.3) is 0 Å². The second-order valence-corrected chi connectivity index (χ2v) is 4.24. The molecule has 110 valence electrons. The first-order valence-electron chi connectivity index (χ1n) is 6.04. The van der Waals surface area contributed by atoms with Gasteiger partial charge in [-0.2, -0.15) is 0 Å². The average molecular weight is 282 g/mol. The van der Waals surface area contributed by atoms with E-state index >= 15 is 0 Å². The van der Waals surface area contributed by atoms with E-state index in [1.165, 1.54) is 7.11 Å². The van der Waals surface area contributed by atoms with E-state index < -0.39 is 18.1 Å². The molecule has 0 radical (unpaired) electrons. The van der Waals surface area contributed by atoms with Gasteiger partial charge in [-0.3, -0.25) is 9.63 Å². The Kier molecular flexibility index (Phi) is 6.48. The summed E-state index contributed by atoms with van der Waals surface area (Å²) in [6, 6.07) is 9.02. The maximum absolute atomic E-state index is 11.2. The molecular formula is C13H18N2O5. The molecule has 0 saturated heterocycles. The van der Waals surface area contributed by atoms with Crippen molar-refractivity contribution in [1.82, 2.24) is 10.4 Å². The summed E-state index contributed by atoms with van der Waals surface area (Å²) in [6.45, 7) is 0.000488. The second kappa shape index (κ2) is 8.13. The summed E-state index contributed by atoms with van der Waals surface area (Å²) in [5.74, 6) is -0.509. The molecule has 0 spiro atoms. The van der Waals surface area contributed by atoms with Crippen molar-refractivity contribution in [2.45, 2.75) is 19.1 Å². The van der Waals surface area contributed by atoms with Crippen LogP contribution in [0.4, 0.5) is 4.79 Å². The maximum atomic E-state index is 11.2. The minimum atomic E-state index is -1.15. The Hall–Kier alpha value is -2.12. The molecule has 1 atom stereocenters. The molecule has 0 aliphatic heterocycles. The lowest BCUT2D eigenvalue weighted by Crippen LogP contribution is -2.38. The van der Waals surface area contributed by atoms with Gasteiger partial charge in [-0.25, -0.2) is 10.3 Å². The van der Waals surface area contributed by atoms with Gasteiger partial charge >= 0.3 is 6.09 Å². The molecule has 7 heteroatoms. The fourth-order valence-corrected chi connectivity index (χ4v) is 1.70. The maximum Gasteiger partial charge on any atom is 0.407 e. The van der Waals surface area contributed by atoms with E-state index in [2.05, 4.69) is 10.3 Å². The number of aliphatic hydroxyl groups excluding tert-OH is 1.